The van der Waals surface area contributed by atoms with Gasteiger partial charge in [-0.05, 0) is 30.3 Å². The molecule has 0 atom stereocenters. The van der Waals surface area contributed by atoms with Crippen molar-refractivity contribution in [1.82, 2.24) is 10.2 Å². The van der Waals surface area contributed by atoms with Crippen LogP contribution in [0.5, 0.6) is 5.75 Å². The van der Waals surface area contributed by atoms with Crippen molar-refractivity contribution >= 4 is 68.9 Å². The molecule has 0 radical (unpaired) electrons. The molecule has 0 aliphatic carbocycles. The number of anilines is 2. The lowest BCUT2D eigenvalue weighted by atomic mass is 10.2. The second-order valence-electron chi connectivity index (χ2n) is 5.52. The molecule has 7 nitrogen and oxygen atoms in total. The summed E-state index contributed by atoms with van der Waals surface area (Å²) in [6.45, 7) is 0. The van der Waals surface area contributed by atoms with Gasteiger partial charge in [-0.1, -0.05) is 52.4 Å². The Morgan fingerprint density at radius 2 is 1.97 bits per heavy atom. The maximum Gasteiger partial charge on any atom is 0.259 e. The number of amides is 2. The average Bonchev–Trinajstić information content (AvgIpc) is 3.13. The Kier molecular flexibility index (Phi) is 7.32. The third-order valence-corrected chi connectivity index (χ3v) is 6.00. The number of halogens is 2. The number of rotatable bonds is 7. The summed E-state index contributed by atoms with van der Waals surface area (Å²) in [7, 11) is 1.56. The fourth-order valence-corrected chi connectivity index (χ4v) is 4.22. The summed E-state index contributed by atoms with van der Waals surface area (Å²) >= 11 is 14.2. The first-order valence-corrected chi connectivity index (χ1v) is 10.7. The number of carbonyl (C=O) groups excluding carboxylic acids is 2. The van der Waals surface area contributed by atoms with Crippen molar-refractivity contribution in [2.45, 2.75) is 4.34 Å². The van der Waals surface area contributed by atoms with Crippen LogP contribution in [0.15, 0.2) is 46.8 Å². The largest absolute Gasteiger partial charge is 0.497 e. The van der Waals surface area contributed by atoms with Gasteiger partial charge in [-0.2, -0.15) is 0 Å². The van der Waals surface area contributed by atoms with E-state index in [2.05, 4.69) is 20.8 Å². The van der Waals surface area contributed by atoms with Crippen molar-refractivity contribution in [3.8, 4) is 5.75 Å². The highest BCUT2D eigenvalue weighted by Gasteiger charge is 2.14. The van der Waals surface area contributed by atoms with Crippen LogP contribution in [0, 0.1) is 0 Å². The van der Waals surface area contributed by atoms with Gasteiger partial charge in [0.05, 0.1) is 23.4 Å². The van der Waals surface area contributed by atoms with Crippen molar-refractivity contribution in [2.24, 2.45) is 0 Å². The normalized spacial score (nSPS) is 10.4. The summed E-state index contributed by atoms with van der Waals surface area (Å²) in [4.78, 5) is 24.4. The maximum atomic E-state index is 12.3. The second-order valence-corrected chi connectivity index (χ2v) is 8.56. The topological polar surface area (TPSA) is 93.2 Å². The molecule has 150 valence electrons. The van der Waals surface area contributed by atoms with E-state index >= 15 is 0 Å². The lowest BCUT2D eigenvalue weighted by molar-refractivity contribution is -0.113. The van der Waals surface area contributed by atoms with Gasteiger partial charge in [-0.3, -0.25) is 14.9 Å². The van der Waals surface area contributed by atoms with Crippen LogP contribution in [0.1, 0.15) is 10.4 Å². The molecule has 0 spiro atoms. The Morgan fingerprint density at radius 1 is 1.14 bits per heavy atom. The Morgan fingerprint density at radius 3 is 2.72 bits per heavy atom. The summed E-state index contributed by atoms with van der Waals surface area (Å²) in [5, 5.41) is 14.3. The Bertz CT molecular complexity index is 1050. The van der Waals surface area contributed by atoms with E-state index in [9.17, 15) is 9.59 Å². The fourth-order valence-electron chi connectivity index (χ4n) is 2.18. The van der Waals surface area contributed by atoms with Gasteiger partial charge in [0.1, 0.15) is 5.75 Å². The number of thioether (sulfide) groups is 1. The molecule has 0 aliphatic heterocycles. The van der Waals surface area contributed by atoms with Gasteiger partial charge < -0.3 is 10.1 Å². The number of ether oxygens (including phenoxy) is 1. The van der Waals surface area contributed by atoms with Crippen LogP contribution in [0.4, 0.5) is 10.8 Å². The molecule has 2 amide bonds. The minimum atomic E-state index is -0.421. The van der Waals surface area contributed by atoms with Gasteiger partial charge in [0.15, 0.2) is 4.34 Å². The molecular weight excluding hydrogens is 455 g/mol. The van der Waals surface area contributed by atoms with E-state index in [0.29, 0.717) is 25.9 Å². The minimum absolute atomic E-state index is 0.142. The van der Waals surface area contributed by atoms with Crippen molar-refractivity contribution < 1.29 is 14.3 Å². The molecule has 0 unspecified atom stereocenters. The van der Waals surface area contributed by atoms with Gasteiger partial charge >= 0.3 is 0 Å². The van der Waals surface area contributed by atoms with Gasteiger partial charge in [0.25, 0.3) is 5.91 Å². The summed E-state index contributed by atoms with van der Waals surface area (Å²) in [6, 6.07) is 11.7. The van der Waals surface area contributed by atoms with Crippen LogP contribution in [-0.4, -0.2) is 34.9 Å². The average molecular weight is 469 g/mol. The molecule has 1 heterocycles. The van der Waals surface area contributed by atoms with E-state index in [4.69, 9.17) is 27.9 Å². The number of hydrogen-bond acceptors (Lipinski definition) is 7. The van der Waals surface area contributed by atoms with Gasteiger partial charge in [0.2, 0.25) is 11.0 Å². The molecule has 0 saturated carbocycles. The predicted molar refractivity (Wildman–Crippen MR) is 117 cm³/mol. The van der Waals surface area contributed by atoms with Crippen LogP contribution < -0.4 is 15.4 Å². The number of nitrogens with one attached hydrogen (secondary N) is 2. The van der Waals surface area contributed by atoms with Crippen molar-refractivity contribution in [3.05, 3.63) is 58.1 Å². The zero-order chi connectivity index (χ0) is 20.8. The van der Waals surface area contributed by atoms with Gasteiger partial charge in [0, 0.05) is 16.8 Å². The van der Waals surface area contributed by atoms with E-state index < -0.39 is 5.91 Å². The molecule has 0 aliphatic rings. The third-order valence-electron chi connectivity index (χ3n) is 3.48. The van der Waals surface area contributed by atoms with Crippen molar-refractivity contribution in [1.29, 1.82) is 0 Å². The van der Waals surface area contributed by atoms with Crippen LogP contribution >= 0.6 is 46.3 Å². The molecular formula is C18H14Cl2N4O3S2. The zero-order valence-corrected chi connectivity index (χ0v) is 18.1. The lowest BCUT2D eigenvalue weighted by Gasteiger charge is -2.06. The molecule has 11 heteroatoms. The van der Waals surface area contributed by atoms with E-state index in [1.807, 2.05) is 0 Å². The molecule has 0 saturated heterocycles. The molecule has 2 N–H and O–H groups in total. The highest BCUT2D eigenvalue weighted by molar-refractivity contribution is 8.01. The highest BCUT2D eigenvalue weighted by atomic mass is 35.5. The molecule has 3 rings (SSSR count). The molecule has 2 aromatic carbocycles. The summed E-state index contributed by atoms with van der Waals surface area (Å²) < 4.78 is 5.67. The molecule has 0 fully saturated rings. The number of hydrogen-bond donors (Lipinski definition) is 2. The Hall–Kier alpha value is -2.33. The van der Waals surface area contributed by atoms with Crippen LogP contribution in [0.2, 0.25) is 10.0 Å². The lowest BCUT2D eigenvalue weighted by Crippen LogP contribution is -2.13. The molecule has 1 aromatic heterocycles. The smallest absolute Gasteiger partial charge is 0.259 e. The van der Waals surface area contributed by atoms with Crippen LogP contribution in [0.25, 0.3) is 0 Å². The predicted octanol–water partition coefficient (Wildman–Crippen LogP) is 4.84. The fraction of sp³-hybridized carbons (Fsp3) is 0.111. The number of methoxy groups -OCH3 is 1. The summed E-state index contributed by atoms with van der Waals surface area (Å²) in [6.07, 6.45) is 0. The minimum Gasteiger partial charge on any atom is -0.497 e. The number of aromatic nitrogens is 2. The molecule has 0 bridgehead atoms. The monoisotopic (exact) mass is 468 g/mol. The summed E-state index contributed by atoms with van der Waals surface area (Å²) in [5.41, 5.74) is 0.915. The van der Waals surface area contributed by atoms with E-state index in [1.165, 1.54) is 23.9 Å². The standard InChI is InChI=1S/C18H14Cl2N4O3S2/c1-27-12-4-2-3-11(8-12)21-15(25)9-28-18-24-23-17(29-18)22-16(26)13-6-5-10(19)7-14(13)20/h2-8H,9H2,1H3,(H,21,25)(H,22,23,26). The zero-order valence-electron chi connectivity index (χ0n) is 14.9. The van der Waals surface area contributed by atoms with Gasteiger partial charge in [-0.25, -0.2) is 0 Å². The van der Waals surface area contributed by atoms with Crippen molar-refractivity contribution in [3.63, 3.8) is 0 Å². The third kappa shape index (κ3) is 6.07. The molecule has 29 heavy (non-hydrogen) atoms. The van der Waals surface area contributed by atoms with Crippen LogP contribution in [-0.2, 0) is 4.79 Å². The van der Waals surface area contributed by atoms with Crippen LogP contribution in [0.3, 0.4) is 0 Å². The first kappa shape index (κ1) is 21.4. The number of benzene rings is 2. The van der Waals surface area contributed by atoms with Gasteiger partial charge in [-0.15, -0.1) is 10.2 Å². The first-order valence-electron chi connectivity index (χ1n) is 8.11. The highest BCUT2D eigenvalue weighted by Crippen LogP contribution is 2.27. The van der Waals surface area contributed by atoms with E-state index in [1.54, 1.807) is 37.4 Å². The quantitative estimate of drug-likeness (QED) is 0.380. The first-order chi connectivity index (χ1) is 13.9. The van der Waals surface area contributed by atoms with E-state index in [0.717, 1.165) is 11.3 Å². The SMILES string of the molecule is COc1cccc(NC(=O)CSc2nnc(NC(=O)c3ccc(Cl)cc3Cl)s2)c1. The Labute approximate surface area is 184 Å². The Balaban J connectivity index is 1.53. The molecule has 3 aromatic rings. The van der Waals surface area contributed by atoms with E-state index in [-0.39, 0.29) is 22.2 Å². The summed E-state index contributed by atoms with van der Waals surface area (Å²) in [5.74, 6) is 0.177. The maximum absolute atomic E-state index is 12.3. The number of carbonyl (C=O) groups is 2. The second kappa shape index (κ2) is 9.93. The number of nitrogens with zero attached hydrogens (tertiary/aromatic N) is 2. The van der Waals surface area contributed by atoms with Crippen molar-refractivity contribution in [2.75, 3.05) is 23.5 Å².